The number of H-pyrrole nitrogens is 1. The van der Waals surface area contributed by atoms with E-state index in [0.29, 0.717) is 42.5 Å². The molecule has 1 N–H and O–H groups in total. The summed E-state index contributed by atoms with van der Waals surface area (Å²) < 4.78 is 21.1. The highest BCUT2D eigenvalue weighted by Crippen LogP contribution is 2.39. The minimum atomic E-state index is -0.509. The first-order valence-corrected chi connectivity index (χ1v) is 11.7. The summed E-state index contributed by atoms with van der Waals surface area (Å²) in [7, 11) is 0. The van der Waals surface area contributed by atoms with Gasteiger partial charge in [-0.2, -0.15) is 5.10 Å². The number of nitrogens with one attached hydrogen (secondary N) is 1. The summed E-state index contributed by atoms with van der Waals surface area (Å²) in [5.74, 6) is -0.766. The second-order valence-corrected chi connectivity index (χ2v) is 9.05. The molecule has 34 heavy (non-hydrogen) atoms. The highest BCUT2D eigenvalue weighted by atomic mass is 35.5. The zero-order chi connectivity index (χ0) is 23.8. The van der Waals surface area contributed by atoms with Gasteiger partial charge < -0.3 is 14.6 Å². The first kappa shape index (κ1) is 22.8. The summed E-state index contributed by atoms with van der Waals surface area (Å²) in [5, 5.41) is 5.66. The van der Waals surface area contributed by atoms with Crippen LogP contribution in [-0.4, -0.2) is 56.9 Å². The number of benzene rings is 1. The van der Waals surface area contributed by atoms with Gasteiger partial charge in [0.15, 0.2) is 0 Å². The monoisotopic (exact) mass is 501 g/mol. The molecule has 0 radical (unpaired) electrons. The molecular formula is C24H22Cl2FN5O2. The number of carbonyl (C=O) groups is 1. The van der Waals surface area contributed by atoms with E-state index in [1.807, 2.05) is 25.4 Å². The number of amides is 1. The summed E-state index contributed by atoms with van der Waals surface area (Å²) in [6.45, 7) is 4.41. The molecule has 1 aliphatic rings. The fourth-order valence-corrected chi connectivity index (χ4v) is 4.98. The van der Waals surface area contributed by atoms with Gasteiger partial charge in [0, 0.05) is 59.1 Å². The van der Waals surface area contributed by atoms with Gasteiger partial charge in [-0.05, 0) is 29.3 Å². The Bertz CT molecular complexity index is 1360. The second-order valence-electron chi connectivity index (χ2n) is 8.26. The van der Waals surface area contributed by atoms with Crippen LogP contribution in [-0.2, 0) is 16.1 Å². The molecule has 5 rings (SSSR count). The number of carbonyl (C=O) groups excluding carboxylic acids is 1. The van der Waals surface area contributed by atoms with E-state index in [1.54, 1.807) is 22.0 Å². The van der Waals surface area contributed by atoms with E-state index in [-0.39, 0.29) is 23.4 Å². The van der Waals surface area contributed by atoms with Gasteiger partial charge in [0.1, 0.15) is 18.0 Å². The third-order valence-electron chi connectivity index (χ3n) is 6.17. The molecule has 0 spiro atoms. The number of aromatic nitrogens is 4. The molecule has 0 saturated carbocycles. The first-order valence-electron chi connectivity index (χ1n) is 10.9. The van der Waals surface area contributed by atoms with Crippen LogP contribution in [0.15, 0.2) is 43.0 Å². The van der Waals surface area contributed by atoms with Gasteiger partial charge in [0.05, 0.1) is 24.4 Å². The zero-order valence-corrected chi connectivity index (χ0v) is 19.9. The summed E-state index contributed by atoms with van der Waals surface area (Å²) >= 11 is 12.6. The van der Waals surface area contributed by atoms with Crippen molar-refractivity contribution in [2.24, 2.45) is 0 Å². The smallest absolute Gasteiger partial charge is 0.244 e. The first-order chi connectivity index (χ1) is 16.4. The van der Waals surface area contributed by atoms with Crippen LogP contribution >= 0.6 is 23.2 Å². The topological polar surface area (TPSA) is 76.0 Å². The van der Waals surface area contributed by atoms with Crippen molar-refractivity contribution in [1.29, 1.82) is 0 Å². The standard InChI is InChI=1S/C24H22Cl2FN5O2/c1-14(22-19(25)2-3-20(27)23(22)26)18-11-29-24-17(18)8-15(9-28-24)16-10-30-32(12-16)13-21(33)31-4-6-34-7-5-31/h2-3,8-12,14H,4-7,13H2,1H3,(H,28,29). The predicted octanol–water partition coefficient (Wildman–Crippen LogP) is 4.88. The van der Waals surface area contributed by atoms with Crippen molar-refractivity contribution < 1.29 is 13.9 Å². The van der Waals surface area contributed by atoms with Crippen molar-refractivity contribution in [3.63, 3.8) is 0 Å². The molecule has 10 heteroatoms. The molecule has 1 aliphatic heterocycles. The molecular weight excluding hydrogens is 480 g/mol. The van der Waals surface area contributed by atoms with E-state index >= 15 is 0 Å². The summed E-state index contributed by atoms with van der Waals surface area (Å²) in [6.07, 6.45) is 7.14. The fourth-order valence-electron chi connectivity index (χ4n) is 4.29. The molecule has 4 heterocycles. The van der Waals surface area contributed by atoms with Crippen LogP contribution in [0, 0.1) is 5.82 Å². The van der Waals surface area contributed by atoms with Crippen LogP contribution in [0.3, 0.4) is 0 Å². The van der Waals surface area contributed by atoms with Gasteiger partial charge in [0.25, 0.3) is 0 Å². The Morgan fingerprint density at radius 2 is 2.03 bits per heavy atom. The Hall–Kier alpha value is -2.94. The Kier molecular flexibility index (Phi) is 6.29. The van der Waals surface area contributed by atoms with E-state index in [2.05, 4.69) is 15.1 Å². The number of rotatable bonds is 5. The lowest BCUT2D eigenvalue weighted by atomic mass is 9.92. The predicted molar refractivity (Wildman–Crippen MR) is 129 cm³/mol. The molecule has 0 bridgehead atoms. The highest BCUT2D eigenvalue weighted by Gasteiger charge is 2.22. The average Bonchev–Trinajstić information content (AvgIpc) is 3.49. The molecule has 1 unspecified atom stereocenters. The normalized spacial score (nSPS) is 15.1. The number of ether oxygens (including phenoxy) is 1. The molecule has 3 aromatic heterocycles. The molecule has 7 nitrogen and oxygen atoms in total. The Labute approximate surface area is 205 Å². The van der Waals surface area contributed by atoms with Gasteiger partial charge in [-0.3, -0.25) is 9.48 Å². The minimum Gasteiger partial charge on any atom is -0.378 e. The van der Waals surface area contributed by atoms with E-state index in [9.17, 15) is 9.18 Å². The number of halogens is 3. The fraction of sp³-hybridized carbons (Fsp3) is 0.292. The van der Waals surface area contributed by atoms with Crippen LogP contribution in [0.1, 0.15) is 24.0 Å². The average molecular weight is 502 g/mol. The molecule has 1 fully saturated rings. The lowest BCUT2D eigenvalue weighted by Gasteiger charge is -2.26. The van der Waals surface area contributed by atoms with Crippen LogP contribution in [0.25, 0.3) is 22.2 Å². The number of aromatic amines is 1. The Balaban J connectivity index is 1.43. The Morgan fingerprint density at radius 1 is 1.24 bits per heavy atom. The van der Waals surface area contributed by atoms with Gasteiger partial charge in [-0.25, -0.2) is 9.37 Å². The van der Waals surface area contributed by atoms with Gasteiger partial charge in [-0.15, -0.1) is 0 Å². The quantitative estimate of drug-likeness (QED) is 0.395. The van der Waals surface area contributed by atoms with Gasteiger partial charge >= 0.3 is 0 Å². The summed E-state index contributed by atoms with van der Waals surface area (Å²) in [4.78, 5) is 22.0. The molecule has 1 saturated heterocycles. The van der Waals surface area contributed by atoms with Crippen molar-refractivity contribution in [3.8, 4) is 11.1 Å². The summed E-state index contributed by atoms with van der Waals surface area (Å²) in [5.41, 5.74) is 3.81. The van der Waals surface area contributed by atoms with Crippen molar-refractivity contribution in [1.82, 2.24) is 24.6 Å². The van der Waals surface area contributed by atoms with Crippen molar-refractivity contribution in [2.45, 2.75) is 19.4 Å². The van der Waals surface area contributed by atoms with Gasteiger partial charge in [-0.1, -0.05) is 30.1 Å². The molecule has 1 aromatic carbocycles. The minimum absolute atomic E-state index is 0.0112. The molecule has 176 valence electrons. The molecule has 0 aliphatic carbocycles. The zero-order valence-electron chi connectivity index (χ0n) is 18.4. The SMILES string of the molecule is CC(c1c(Cl)ccc(F)c1Cl)c1c[nH]c2ncc(-c3cnn(CC(=O)N4CCOCC4)c3)cc12. The Morgan fingerprint density at radius 3 is 2.82 bits per heavy atom. The largest absolute Gasteiger partial charge is 0.378 e. The van der Waals surface area contributed by atoms with Crippen molar-refractivity contribution >= 4 is 40.1 Å². The molecule has 4 aromatic rings. The highest BCUT2D eigenvalue weighted by molar-refractivity contribution is 6.36. The molecule has 1 atom stereocenters. The van der Waals surface area contributed by atoms with Gasteiger partial charge in [0.2, 0.25) is 5.91 Å². The van der Waals surface area contributed by atoms with E-state index in [1.165, 1.54) is 12.1 Å². The third kappa shape index (κ3) is 4.29. The van der Waals surface area contributed by atoms with Crippen LogP contribution in [0.5, 0.6) is 0 Å². The van der Waals surface area contributed by atoms with Crippen molar-refractivity contribution in [3.05, 3.63) is 70.0 Å². The number of fused-ring (bicyclic) bond motifs is 1. The number of hydrogen-bond acceptors (Lipinski definition) is 4. The maximum Gasteiger partial charge on any atom is 0.244 e. The summed E-state index contributed by atoms with van der Waals surface area (Å²) in [6, 6.07) is 4.77. The van der Waals surface area contributed by atoms with Crippen LogP contribution < -0.4 is 0 Å². The number of morpholine rings is 1. The molecule has 1 amide bonds. The number of pyridine rings is 1. The second kappa shape index (κ2) is 9.37. The lowest BCUT2D eigenvalue weighted by Crippen LogP contribution is -2.42. The third-order valence-corrected chi connectivity index (χ3v) is 6.88. The number of hydrogen-bond donors (Lipinski definition) is 1. The lowest BCUT2D eigenvalue weighted by molar-refractivity contribution is -0.136. The van der Waals surface area contributed by atoms with Crippen LogP contribution in [0.2, 0.25) is 10.0 Å². The van der Waals surface area contributed by atoms with Crippen molar-refractivity contribution in [2.75, 3.05) is 26.3 Å². The van der Waals surface area contributed by atoms with Crippen LogP contribution in [0.4, 0.5) is 4.39 Å². The maximum atomic E-state index is 14.1. The van der Waals surface area contributed by atoms with E-state index in [4.69, 9.17) is 27.9 Å². The van der Waals surface area contributed by atoms with E-state index < -0.39 is 5.82 Å². The number of nitrogens with zero attached hydrogens (tertiary/aromatic N) is 4. The van der Waals surface area contributed by atoms with E-state index in [0.717, 1.165) is 22.1 Å². The maximum absolute atomic E-state index is 14.1.